The second-order valence-electron chi connectivity index (χ2n) is 6.19. The van der Waals surface area contributed by atoms with Gasteiger partial charge in [-0.2, -0.15) is 0 Å². The van der Waals surface area contributed by atoms with Crippen LogP contribution in [0.4, 0.5) is 11.4 Å². The number of carbonyl (C=O) groups is 1. The van der Waals surface area contributed by atoms with Crippen molar-refractivity contribution < 1.29 is 19.6 Å². The molecule has 150 valence electrons. The van der Waals surface area contributed by atoms with Gasteiger partial charge in [0.25, 0.3) is 0 Å². The Bertz CT molecular complexity index is 1060. The van der Waals surface area contributed by atoms with Crippen LogP contribution < -0.4 is 10.2 Å². The number of nitro benzene ring substituents is 1. The van der Waals surface area contributed by atoms with E-state index in [1.807, 2.05) is 24.3 Å². The van der Waals surface area contributed by atoms with Gasteiger partial charge in [0, 0.05) is 21.9 Å². The fraction of sp³-hybridized carbons (Fsp3) is 0.158. The molecule has 0 bridgehead atoms. The van der Waals surface area contributed by atoms with Crippen molar-refractivity contribution in [1.82, 2.24) is 5.32 Å². The number of aromatic hydroxyl groups is 1. The van der Waals surface area contributed by atoms with E-state index in [0.717, 1.165) is 10.2 Å². The molecule has 1 aliphatic heterocycles. The number of anilines is 1. The number of methoxy groups -OCH3 is 1. The molecular formula is C19H16BrN3O5S. The molecule has 29 heavy (non-hydrogen) atoms. The average molecular weight is 478 g/mol. The van der Waals surface area contributed by atoms with Crippen LogP contribution in [0.2, 0.25) is 0 Å². The summed E-state index contributed by atoms with van der Waals surface area (Å²) >= 11 is 8.94. The summed E-state index contributed by atoms with van der Waals surface area (Å²) in [5.74, 6) is -1.06. The predicted molar refractivity (Wildman–Crippen MR) is 115 cm³/mol. The molecule has 3 rings (SSSR count). The number of thiocarbonyl (C=S) groups is 1. The third-order valence-electron chi connectivity index (χ3n) is 4.49. The molecule has 0 radical (unpaired) electrons. The van der Waals surface area contributed by atoms with Crippen LogP contribution in [0.25, 0.3) is 0 Å². The van der Waals surface area contributed by atoms with Crippen LogP contribution in [0.15, 0.2) is 58.2 Å². The molecule has 1 atom stereocenters. The number of hydrogen-bond acceptors (Lipinski definition) is 6. The fourth-order valence-electron chi connectivity index (χ4n) is 3.16. The standard InChI is InChI=1S/C19H16BrN3O5S/c1-10-16(18(25)28-2)17(11-6-7-15(24)14(8-11)23(26)27)21-19(29)22(10)13-5-3-4-12(20)9-13/h3-9,17,24H,1-2H3,(H,21,29). The molecule has 0 aromatic heterocycles. The Kier molecular flexibility index (Phi) is 5.85. The number of nitro groups is 1. The van der Waals surface area contributed by atoms with Crippen molar-refractivity contribution in [2.45, 2.75) is 13.0 Å². The van der Waals surface area contributed by atoms with Gasteiger partial charge in [0.05, 0.1) is 23.6 Å². The van der Waals surface area contributed by atoms with E-state index < -0.39 is 28.4 Å². The van der Waals surface area contributed by atoms with Crippen molar-refractivity contribution in [3.63, 3.8) is 0 Å². The molecule has 0 aliphatic carbocycles. The van der Waals surface area contributed by atoms with E-state index in [2.05, 4.69) is 21.2 Å². The summed E-state index contributed by atoms with van der Waals surface area (Å²) in [6, 6.07) is 10.5. The number of esters is 1. The van der Waals surface area contributed by atoms with Gasteiger partial charge < -0.3 is 15.2 Å². The Morgan fingerprint density at radius 3 is 2.69 bits per heavy atom. The Hall–Kier alpha value is -2.98. The first-order chi connectivity index (χ1) is 13.7. The number of hydrogen-bond donors (Lipinski definition) is 2. The lowest BCUT2D eigenvalue weighted by molar-refractivity contribution is -0.385. The Morgan fingerprint density at radius 1 is 1.34 bits per heavy atom. The first-order valence-electron chi connectivity index (χ1n) is 8.37. The molecule has 2 aromatic carbocycles. The average Bonchev–Trinajstić information content (AvgIpc) is 2.67. The van der Waals surface area contributed by atoms with Gasteiger partial charge in [-0.1, -0.05) is 28.1 Å². The first-order valence-corrected chi connectivity index (χ1v) is 9.57. The van der Waals surface area contributed by atoms with Gasteiger partial charge in [0.2, 0.25) is 0 Å². The van der Waals surface area contributed by atoms with E-state index in [4.69, 9.17) is 17.0 Å². The molecule has 0 fully saturated rings. The van der Waals surface area contributed by atoms with Crippen molar-refractivity contribution in [2.24, 2.45) is 0 Å². The quantitative estimate of drug-likeness (QED) is 0.295. The summed E-state index contributed by atoms with van der Waals surface area (Å²) in [6.45, 7) is 1.72. The lowest BCUT2D eigenvalue weighted by Crippen LogP contribution is -2.48. The van der Waals surface area contributed by atoms with E-state index in [9.17, 15) is 20.0 Å². The third kappa shape index (κ3) is 3.94. The van der Waals surface area contributed by atoms with Crippen LogP contribution in [0.3, 0.4) is 0 Å². The highest BCUT2D eigenvalue weighted by molar-refractivity contribution is 9.10. The topological polar surface area (TPSA) is 105 Å². The molecule has 1 unspecified atom stereocenters. The van der Waals surface area contributed by atoms with Gasteiger partial charge in [0.15, 0.2) is 10.9 Å². The zero-order chi connectivity index (χ0) is 21.3. The van der Waals surface area contributed by atoms with Gasteiger partial charge in [-0.25, -0.2) is 4.79 Å². The van der Waals surface area contributed by atoms with Gasteiger partial charge in [0.1, 0.15) is 0 Å². The highest BCUT2D eigenvalue weighted by Gasteiger charge is 2.36. The van der Waals surface area contributed by atoms with E-state index in [1.165, 1.54) is 25.3 Å². The van der Waals surface area contributed by atoms with Gasteiger partial charge in [-0.05, 0) is 49.0 Å². The number of ether oxygens (including phenoxy) is 1. The summed E-state index contributed by atoms with van der Waals surface area (Å²) in [5, 5.41) is 24.3. The number of phenols is 1. The molecule has 2 aromatic rings. The molecule has 1 heterocycles. The number of halogens is 1. The molecular weight excluding hydrogens is 462 g/mol. The van der Waals surface area contributed by atoms with E-state index in [1.54, 1.807) is 11.8 Å². The molecule has 0 amide bonds. The van der Waals surface area contributed by atoms with Crippen LogP contribution in [-0.2, 0) is 9.53 Å². The minimum Gasteiger partial charge on any atom is -0.502 e. The fourth-order valence-corrected chi connectivity index (χ4v) is 3.91. The molecule has 0 saturated carbocycles. The molecule has 0 spiro atoms. The molecule has 2 N–H and O–H groups in total. The van der Waals surface area contributed by atoms with Crippen molar-refractivity contribution in [3.8, 4) is 5.75 Å². The van der Waals surface area contributed by atoms with Crippen LogP contribution in [-0.4, -0.2) is 28.2 Å². The maximum Gasteiger partial charge on any atom is 0.337 e. The Labute approximate surface area is 180 Å². The summed E-state index contributed by atoms with van der Waals surface area (Å²) in [6.07, 6.45) is 0. The number of carbonyl (C=O) groups excluding carboxylic acids is 1. The highest BCUT2D eigenvalue weighted by Crippen LogP contribution is 2.37. The highest BCUT2D eigenvalue weighted by atomic mass is 79.9. The molecule has 1 aliphatic rings. The Balaban J connectivity index is 2.17. The zero-order valence-corrected chi connectivity index (χ0v) is 17.8. The van der Waals surface area contributed by atoms with Crippen LogP contribution in [0.5, 0.6) is 5.75 Å². The largest absolute Gasteiger partial charge is 0.502 e. The van der Waals surface area contributed by atoms with Gasteiger partial charge in [-0.3, -0.25) is 15.0 Å². The van der Waals surface area contributed by atoms with Crippen molar-refractivity contribution >= 4 is 50.6 Å². The van der Waals surface area contributed by atoms with E-state index >= 15 is 0 Å². The number of nitrogens with one attached hydrogen (secondary N) is 1. The summed E-state index contributed by atoms with van der Waals surface area (Å²) in [5.41, 5.74) is 1.43. The first kappa shape index (κ1) is 20.7. The van der Waals surface area contributed by atoms with E-state index in [-0.39, 0.29) is 5.57 Å². The maximum atomic E-state index is 12.6. The normalized spacial score (nSPS) is 16.4. The minimum atomic E-state index is -0.780. The van der Waals surface area contributed by atoms with Crippen LogP contribution in [0.1, 0.15) is 18.5 Å². The second kappa shape index (κ2) is 8.18. The summed E-state index contributed by atoms with van der Waals surface area (Å²) in [4.78, 5) is 24.8. The van der Waals surface area contributed by atoms with Crippen LogP contribution >= 0.6 is 28.1 Å². The third-order valence-corrected chi connectivity index (χ3v) is 5.28. The minimum absolute atomic E-state index is 0.251. The zero-order valence-electron chi connectivity index (χ0n) is 15.4. The molecule has 0 saturated heterocycles. The van der Waals surface area contributed by atoms with Crippen molar-refractivity contribution in [3.05, 3.63) is 73.9 Å². The monoisotopic (exact) mass is 477 g/mol. The number of phenolic OH excluding ortho intramolecular Hbond substituents is 1. The summed E-state index contributed by atoms with van der Waals surface area (Å²) in [7, 11) is 1.26. The smallest absolute Gasteiger partial charge is 0.337 e. The number of rotatable bonds is 4. The van der Waals surface area contributed by atoms with Crippen LogP contribution in [0, 0.1) is 10.1 Å². The van der Waals surface area contributed by atoms with Gasteiger partial charge in [-0.15, -0.1) is 0 Å². The second-order valence-corrected chi connectivity index (χ2v) is 7.50. The lowest BCUT2D eigenvalue weighted by Gasteiger charge is -2.37. The molecule has 8 nitrogen and oxygen atoms in total. The van der Waals surface area contributed by atoms with E-state index in [0.29, 0.717) is 16.4 Å². The number of nitrogens with zero attached hydrogens (tertiary/aromatic N) is 2. The number of allylic oxidation sites excluding steroid dienone is 1. The molecule has 10 heteroatoms. The summed E-state index contributed by atoms with van der Waals surface area (Å²) < 4.78 is 5.79. The van der Waals surface area contributed by atoms with Crippen molar-refractivity contribution in [2.75, 3.05) is 12.0 Å². The number of benzene rings is 2. The predicted octanol–water partition coefficient (Wildman–Crippen LogP) is 3.95. The lowest BCUT2D eigenvalue weighted by atomic mass is 9.94. The Morgan fingerprint density at radius 2 is 2.07 bits per heavy atom. The van der Waals surface area contributed by atoms with Gasteiger partial charge >= 0.3 is 11.7 Å². The SMILES string of the molecule is COC(=O)C1=C(C)N(c2cccc(Br)c2)C(=S)NC1c1ccc(O)c([N+](=O)[O-])c1. The maximum absolute atomic E-state index is 12.6. The van der Waals surface area contributed by atoms with Crippen molar-refractivity contribution in [1.29, 1.82) is 0 Å².